The van der Waals surface area contributed by atoms with Gasteiger partial charge in [0.15, 0.2) is 5.76 Å². The van der Waals surface area contributed by atoms with Crippen LogP contribution in [0, 0.1) is 5.82 Å². The summed E-state index contributed by atoms with van der Waals surface area (Å²) < 4.78 is 24.3. The van der Waals surface area contributed by atoms with Crippen molar-refractivity contribution >= 4 is 16.8 Å². The number of aromatic nitrogens is 1. The maximum Gasteiger partial charge on any atom is 0.290 e. The molecule has 0 saturated heterocycles. The second-order valence-corrected chi connectivity index (χ2v) is 7.11. The maximum atomic E-state index is 13.6. The summed E-state index contributed by atoms with van der Waals surface area (Å²) in [5, 5.41) is 1.08. The predicted molar refractivity (Wildman–Crippen MR) is 107 cm³/mol. The Kier molecular flexibility index (Phi) is 4.12. The predicted octanol–water partition coefficient (Wildman–Crippen LogP) is 4.70. The molecule has 0 saturated carbocycles. The second kappa shape index (κ2) is 6.81. The number of hydrogen-bond acceptors (Lipinski definition) is 3. The number of benzene rings is 2. The molecule has 1 aliphatic heterocycles. The van der Waals surface area contributed by atoms with E-state index in [1.807, 2.05) is 18.2 Å². The summed E-state index contributed by atoms with van der Waals surface area (Å²) in [6, 6.07) is 15.2. The number of methoxy groups -OCH3 is 1. The normalized spacial score (nSPS) is 16.1. The van der Waals surface area contributed by atoms with Crippen molar-refractivity contribution < 1.29 is 18.3 Å². The minimum absolute atomic E-state index is 0.189. The van der Waals surface area contributed by atoms with E-state index in [1.54, 1.807) is 36.3 Å². The molecule has 1 N–H and O–H groups in total. The fourth-order valence-corrected chi connectivity index (χ4v) is 4.15. The first-order valence-electron chi connectivity index (χ1n) is 9.44. The monoisotopic (exact) mass is 390 g/mol. The van der Waals surface area contributed by atoms with Gasteiger partial charge in [0.05, 0.1) is 19.4 Å². The van der Waals surface area contributed by atoms with Crippen LogP contribution in [-0.2, 0) is 6.42 Å². The van der Waals surface area contributed by atoms with Crippen molar-refractivity contribution in [3.63, 3.8) is 0 Å². The van der Waals surface area contributed by atoms with Crippen LogP contribution < -0.4 is 4.74 Å². The molecule has 0 aliphatic carbocycles. The highest BCUT2D eigenvalue weighted by molar-refractivity contribution is 5.93. The zero-order valence-electron chi connectivity index (χ0n) is 15.8. The lowest BCUT2D eigenvalue weighted by molar-refractivity contribution is 0.0659. The zero-order chi connectivity index (χ0) is 20.0. The average molecular weight is 390 g/mol. The average Bonchev–Trinajstić information content (AvgIpc) is 3.41. The molecule has 6 heteroatoms. The number of H-pyrrole nitrogens is 1. The van der Waals surface area contributed by atoms with Gasteiger partial charge in [-0.1, -0.05) is 12.1 Å². The minimum Gasteiger partial charge on any atom is -0.497 e. The van der Waals surface area contributed by atoms with Gasteiger partial charge in [0.25, 0.3) is 5.91 Å². The number of furan rings is 1. The molecule has 0 bridgehead atoms. The number of nitrogens with one attached hydrogen (secondary N) is 1. The molecule has 0 spiro atoms. The van der Waals surface area contributed by atoms with Crippen molar-refractivity contribution in [1.82, 2.24) is 9.88 Å². The molecule has 4 aromatic rings. The molecule has 5 rings (SSSR count). The van der Waals surface area contributed by atoms with E-state index in [4.69, 9.17) is 9.15 Å². The summed E-state index contributed by atoms with van der Waals surface area (Å²) in [5.74, 6) is 0.575. The number of fused-ring (bicyclic) bond motifs is 3. The summed E-state index contributed by atoms with van der Waals surface area (Å²) in [5.41, 5.74) is 3.91. The third-order valence-corrected chi connectivity index (χ3v) is 5.51. The molecule has 0 fully saturated rings. The maximum absolute atomic E-state index is 13.6. The molecular formula is C23H19FN2O3. The van der Waals surface area contributed by atoms with Gasteiger partial charge in [-0.2, -0.15) is 0 Å². The topological polar surface area (TPSA) is 58.5 Å². The molecule has 3 heterocycles. The molecule has 2 aromatic carbocycles. The molecule has 2 aromatic heterocycles. The molecule has 1 amide bonds. The minimum atomic E-state index is -0.365. The Morgan fingerprint density at radius 3 is 2.76 bits per heavy atom. The molecule has 1 aliphatic rings. The number of ether oxygens (including phenoxy) is 1. The van der Waals surface area contributed by atoms with Gasteiger partial charge in [-0.3, -0.25) is 4.79 Å². The molecular weight excluding hydrogens is 371 g/mol. The van der Waals surface area contributed by atoms with Crippen LogP contribution in [0.4, 0.5) is 4.39 Å². The third kappa shape index (κ3) is 2.88. The molecule has 1 atom stereocenters. The third-order valence-electron chi connectivity index (χ3n) is 5.51. The van der Waals surface area contributed by atoms with Crippen LogP contribution in [-0.4, -0.2) is 29.4 Å². The van der Waals surface area contributed by atoms with Crippen LogP contribution in [0.15, 0.2) is 65.3 Å². The highest BCUT2D eigenvalue weighted by Crippen LogP contribution is 2.40. The lowest BCUT2D eigenvalue weighted by atomic mass is 9.92. The van der Waals surface area contributed by atoms with Gasteiger partial charge < -0.3 is 19.0 Å². The molecule has 146 valence electrons. The van der Waals surface area contributed by atoms with Crippen LogP contribution in [0.2, 0.25) is 0 Å². The SMILES string of the molecule is COc1ccc2[nH]c3c(c2c1)CCN(C(=O)c1ccco1)[C@@H]3c1ccc(F)cc1. The van der Waals surface area contributed by atoms with E-state index in [-0.39, 0.29) is 17.8 Å². The summed E-state index contributed by atoms with van der Waals surface area (Å²) >= 11 is 0. The van der Waals surface area contributed by atoms with Gasteiger partial charge in [-0.25, -0.2) is 4.39 Å². The molecule has 0 unspecified atom stereocenters. The summed E-state index contributed by atoms with van der Waals surface area (Å²) in [6.07, 6.45) is 2.19. The highest BCUT2D eigenvalue weighted by Gasteiger charge is 2.35. The van der Waals surface area contributed by atoms with Gasteiger partial charge >= 0.3 is 0 Å². The van der Waals surface area contributed by atoms with Crippen molar-refractivity contribution in [3.05, 3.63) is 89.3 Å². The van der Waals surface area contributed by atoms with Crippen LogP contribution >= 0.6 is 0 Å². The van der Waals surface area contributed by atoms with Crippen molar-refractivity contribution in [2.45, 2.75) is 12.5 Å². The van der Waals surface area contributed by atoms with E-state index in [9.17, 15) is 9.18 Å². The standard InChI is InChI=1S/C23H19FN2O3/c1-28-16-8-9-19-18(13-16)17-10-11-26(23(27)20-3-2-12-29-20)22(21(17)25-19)14-4-6-15(24)7-5-14/h2-9,12-13,22,25H,10-11H2,1H3/t22-/m1/s1. The fraction of sp³-hybridized carbons (Fsp3) is 0.174. The fourth-order valence-electron chi connectivity index (χ4n) is 4.15. The van der Waals surface area contributed by atoms with E-state index in [1.165, 1.54) is 18.4 Å². The largest absolute Gasteiger partial charge is 0.497 e. The van der Waals surface area contributed by atoms with Crippen molar-refractivity contribution in [1.29, 1.82) is 0 Å². The highest BCUT2D eigenvalue weighted by atomic mass is 19.1. The Morgan fingerprint density at radius 1 is 1.21 bits per heavy atom. The molecule has 29 heavy (non-hydrogen) atoms. The Morgan fingerprint density at radius 2 is 2.03 bits per heavy atom. The number of hydrogen-bond donors (Lipinski definition) is 1. The van der Waals surface area contributed by atoms with E-state index in [2.05, 4.69) is 4.98 Å². The van der Waals surface area contributed by atoms with Gasteiger partial charge in [0, 0.05) is 23.1 Å². The lowest BCUT2D eigenvalue weighted by Gasteiger charge is -2.35. The van der Waals surface area contributed by atoms with E-state index >= 15 is 0 Å². The summed E-state index contributed by atoms with van der Waals surface area (Å²) in [7, 11) is 1.64. The van der Waals surface area contributed by atoms with Crippen LogP contribution in [0.1, 0.15) is 33.4 Å². The summed E-state index contributed by atoms with van der Waals surface area (Å²) in [6.45, 7) is 0.527. The lowest BCUT2D eigenvalue weighted by Crippen LogP contribution is -2.40. The number of nitrogens with zero attached hydrogens (tertiary/aromatic N) is 1. The number of aromatic amines is 1. The second-order valence-electron chi connectivity index (χ2n) is 7.11. The van der Waals surface area contributed by atoms with E-state index in [0.717, 1.165) is 33.5 Å². The quantitative estimate of drug-likeness (QED) is 0.552. The van der Waals surface area contributed by atoms with Gasteiger partial charge in [-0.15, -0.1) is 0 Å². The Hall–Kier alpha value is -3.54. The van der Waals surface area contributed by atoms with Crippen molar-refractivity contribution in [3.8, 4) is 5.75 Å². The molecule has 0 radical (unpaired) electrons. The number of amides is 1. The Labute approximate surface area is 166 Å². The Bertz CT molecular complexity index is 1180. The van der Waals surface area contributed by atoms with E-state index < -0.39 is 0 Å². The van der Waals surface area contributed by atoms with Gasteiger partial charge in [-0.05, 0) is 60.0 Å². The van der Waals surface area contributed by atoms with Gasteiger partial charge in [0.1, 0.15) is 11.6 Å². The zero-order valence-corrected chi connectivity index (χ0v) is 15.8. The first kappa shape index (κ1) is 17.6. The van der Waals surface area contributed by atoms with Crippen LogP contribution in [0.3, 0.4) is 0 Å². The van der Waals surface area contributed by atoms with E-state index in [0.29, 0.717) is 18.7 Å². The van der Waals surface area contributed by atoms with Crippen LogP contribution in [0.25, 0.3) is 10.9 Å². The van der Waals surface area contributed by atoms with Gasteiger partial charge in [0.2, 0.25) is 0 Å². The number of halogens is 1. The number of carbonyl (C=O) groups is 1. The summed E-state index contributed by atoms with van der Waals surface area (Å²) in [4.78, 5) is 18.4. The first-order valence-corrected chi connectivity index (χ1v) is 9.44. The number of rotatable bonds is 3. The first-order chi connectivity index (χ1) is 14.2. The van der Waals surface area contributed by atoms with Crippen molar-refractivity contribution in [2.75, 3.05) is 13.7 Å². The Balaban J connectivity index is 1.68. The molecule has 5 nitrogen and oxygen atoms in total. The smallest absolute Gasteiger partial charge is 0.290 e. The van der Waals surface area contributed by atoms with Crippen molar-refractivity contribution in [2.24, 2.45) is 0 Å². The van der Waals surface area contributed by atoms with Crippen LogP contribution in [0.5, 0.6) is 5.75 Å². The number of carbonyl (C=O) groups excluding carboxylic acids is 1.